The third kappa shape index (κ3) is 5.06. The van der Waals surface area contributed by atoms with E-state index >= 15 is 0 Å². The molecule has 0 aliphatic carbocycles. The molecule has 2 aliphatic rings. The van der Waals surface area contributed by atoms with Crippen LogP contribution >= 0.6 is 0 Å². The van der Waals surface area contributed by atoms with Gasteiger partial charge in [-0.25, -0.2) is 4.39 Å². The zero-order valence-corrected chi connectivity index (χ0v) is 18.6. The Kier molecular flexibility index (Phi) is 6.58. The van der Waals surface area contributed by atoms with Crippen molar-refractivity contribution in [1.29, 1.82) is 10.8 Å². The van der Waals surface area contributed by atoms with Crippen molar-refractivity contribution < 1.29 is 9.18 Å². The molecule has 9 nitrogen and oxygen atoms in total. The molecule has 0 bridgehead atoms. The second-order valence-corrected chi connectivity index (χ2v) is 8.20. The summed E-state index contributed by atoms with van der Waals surface area (Å²) in [6.07, 6.45) is 6.73. The average molecular weight is 463 g/mol. The molecular formula is C24H27FN8O. The van der Waals surface area contributed by atoms with Crippen LogP contribution in [0.5, 0.6) is 0 Å². The fourth-order valence-electron chi connectivity index (χ4n) is 4.03. The van der Waals surface area contributed by atoms with Crippen LogP contribution in [-0.2, 0) is 0 Å². The predicted octanol–water partition coefficient (Wildman–Crippen LogP) is 2.44. The smallest absolute Gasteiger partial charge is 0.255 e. The SMILES string of the molecule is N=C(N)N1CC=C(c2ccc(NC(=O)c3ccc(C4=CCN(C(=N)N)CC4)c(F)c3)cn2)CC1. The number of amides is 1. The Balaban J connectivity index is 1.40. The van der Waals surface area contributed by atoms with Crippen LogP contribution in [0.4, 0.5) is 10.1 Å². The van der Waals surface area contributed by atoms with Gasteiger partial charge in [-0.1, -0.05) is 18.2 Å². The van der Waals surface area contributed by atoms with Crippen molar-refractivity contribution in [3.63, 3.8) is 0 Å². The maximum atomic E-state index is 14.8. The van der Waals surface area contributed by atoms with E-state index in [2.05, 4.69) is 10.3 Å². The van der Waals surface area contributed by atoms with Gasteiger partial charge in [-0.15, -0.1) is 0 Å². The molecule has 2 aliphatic heterocycles. The van der Waals surface area contributed by atoms with Gasteiger partial charge < -0.3 is 26.6 Å². The van der Waals surface area contributed by atoms with Crippen molar-refractivity contribution in [2.24, 2.45) is 11.5 Å². The highest BCUT2D eigenvalue weighted by molar-refractivity contribution is 6.04. The number of pyridine rings is 1. The Morgan fingerprint density at radius 3 is 2.12 bits per heavy atom. The number of guanidine groups is 2. The molecule has 0 unspecified atom stereocenters. The van der Waals surface area contributed by atoms with E-state index in [0.29, 0.717) is 43.9 Å². The number of carbonyl (C=O) groups excluding carboxylic acids is 1. The van der Waals surface area contributed by atoms with Crippen molar-refractivity contribution in [1.82, 2.24) is 14.8 Å². The highest BCUT2D eigenvalue weighted by atomic mass is 19.1. The Labute approximate surface area is 197 Å². The summed E-state index contributed by atoms with van der Waals surface area (Å²) in [5.74, 6) is -0.830. The largest absolute Gasteiger partial charge is 0.370 e. The first-order chi connectivity index (χ1) is 16.3. The van der Waals surface area contributed by atoms with Crippen molar-refractivity contribution in [2.75, 3.05) is 31.5 Å². The van der Waals surface area contributed by atoms with Gasteiger partial charge in [0.25, 0.3) is 5.91 Å². The summed E-state index contributed by atoms with van der Waals surface area (Å²) in [5.41, 5.74) is 14.9. The van der Waals surface area contributed by atoms with E-state index in [9.17, 15) is 9.18 Å². The van der Waals surface area contributed by atoms with Crippen molar-refractivity contribution in [3.05, 3.63) is 71.3 Å². The molecule has 3 heterocycles. The molecule has 0 atom stereocenters. The number of hydrogen-bond acceptors (Lipinski definition) is 4. The molecule has 0 saturated heterocycles. The second-order valence-electron chi connectivity index (χ2n) is 8.20. The van der Waals surface area contributed by atoms with E-state index in [1.54, 1.807) is 34.2 Å². The minimum absolute atomic E-state index is 0.000376. The number of aromatic nitrogens is 1. The highest BCUT2D eigenvalue weighted by Crippen LogP contribution is 2.26. The number of halogens is 1. The Morgan fingerprint density at radius 2 is 1.62 bits per heavy atom. The second kappa shape index (κ2) is 9.74. The standard InChI is InChI=1S/C24H27FN8O/c25-20-13-17(1-3-19(20)15-5-9-32(10-6-15)23(26)27)22(34)31-18-2-4-21(30-14-18)16-7-11-33(12-8-16)24(28)29/h1-5,7,13-14H,6,8-12H2,(H3,26,27)(H3,28,29)(H,31,34). The number of rotatable bonds is 4. The maximum Gasteiger partial charge on any atom is 0.255 e. The molecule has 10 heteroatoms. The van der Waals surface area contributed by atoms with Crippen LogP contribution in [0.15, 0.2) is 48.7 Å². The van der Waals surface area contributed by atoms with E-state index in [4.69, 9.17) is 22.3 Å². The lowest BCUT2D eigenvalue weighted by atomic mass is 9.97. The highest BCUT2D eigenvalue weighted by Gasteiger charge is 2.18. The summed E-state index contributed by atoms with van der Waals surface area (Å²) in [6, 6.07) is 8.03. The van der Waals surface area contributed by atoms with Crippen LogP contribution in [0, 0.1) is 16.6 Å². The molecule has 0 fully saturated rings. The van der Waals surface area contributed by atoms with E-state index in [1.165, 1.54) is 6.07 Å². The molecule has 4 rings (SSSR count). The molecule has 2 aromatic rings. The van der Waals surface area contributed by atoms with Crippen LogP contribution in [0.25, 0.3) is 11.1 Å². The molecule has 7 N–H and O–H groups in total. The van der Waals surface area contributed by atoms with Crippen LogP contribution in [0.3, 0.4) is 0 Å². The van der Waals surface area contributed by atoms with E-state index < -0.39 is 11.7 Å². The number of nitrogens with one attached hydrogen (secondary N) is 3. The third-order valence-corrected chi connectivity index (χ3v) is 6.03. The van der Waals surface area contributed by atoms with Crippen LogP contribution in [0.2, 0.25) is 0 Å². The fourth-order valence-corrected chi connectivity index (χ4v) is 4.03. The van der Waals surface area contributed by atoms with Crippen LogP contribution in [-0.4, -0.2) is 58.8 Å². The minimum atomic E-state index is -0.465. The summed E-state index contributed by atoms with van der Waals surface area (Å²) in [5, 5.41) is 17.7. The van der Waals surface area contributed by atoms with Crippen LogP contribution in [0.1, 0.15) is 34.5 Å². The van der Waals surface area contributed by atoms with E-state index in [1.807, 2.05) is 18.2 Å². The zero-order valence-electron chi connectivity index (χ0n) is 18.6. The zero-order chi connectivity index (χ0) is 24.2. The van der Waals surface area contributed by atoms with Gasteiger partial charge in [0.15, 0.2) is 11.9 Å². The van der Waals surface area contributed by atoms with Gasteiger partial charge in [0.1, 0.15) is 5.82 Å². The summed E-state index contributed by atoms with van der Waals surface area (Å²) in [4.78, 5) is 20.6. The predicted molar refractivity (Wildman–Crippen MR) is 131 cm³/mol. The number of anilines is 1. The lowest BCUT2D eigenvalue weighted by Crippen LogP contribution is -2.39. The van der Waals surface area contributed by atoms with Gasteiger partial charge in [0.05, 0.1) is 17.6 Å². The Hall–Kier alpha value is -4.21. The van der Waals surface area contributed by atoms with Gasteiger partial charge in [-0.05, 0) is 48.3 Å². The molecule has 0 spiro atoms. The number of hydrogen-bond donors (Lipinski definition) is 5. The summed E-state index contributed by atoms with van der Waals surface area (Å²) in [6.45, 7) is 2.24. The lowest BCUT2D eigenvalue weighted by Gasteiger charge is -2.26. The van der Waals surface area contributed by atoms with Crippen molar-refractivity contribution >= 4 is 34.7 Å². The van der Waals surface area contributed by atoms with Crippen molar-refractivity contribution in [3.8, 4) is 0 Å². The summed E-state index contributed by atoms with van der Waals surface area (Å²) < 4.78 is 14.8. The van der Waals surface area contributed by atoms with Gasteiger partial charge in [-0.2, -0.15) is 0 Å². The Bertz CT molecular complexity index is 1190. The van der Waals surface area contributed by atoms with E-state index in [-0.39, 0.29) is 17.5 Å². The number of nitrogens with two attached hydrogens (primary N) is 2. The van der Waals surface area contributed by atoms with E-state index in [0.717, 1.165) is 23.3 Å². The molecule has 0 radical (unpaired) electrons. The first kappa shape index (κ1) is 23.0. The normalized spacial score (nSPS) is 15.9. The third-order valence-electron chi connectivity index (χ3n) is 6.03. The summed E-state index contributed by atoms with van der Waals surface area (Å²) >= 11 is 0. The van der Waals surface area contributed by atoms with Gasteiger partial charge in [0.2, 0.25) is 0 Å². The first-order valence-corrected chi connectivity index (χ1v) is 11.0. The Morgan fingerprint density at radius 1 is 0.971 bits per heavy atom. The fraction of sp³-hybridized carbons (Fsp3) is 0.250. The number of benzene rings is 1. The van der Waals surface area contributed by atoms with Gasteiger partial charge in [0, 0.05) is 37.3 Å². The van der Waals surface area contributed by atoms with Gasteiger partial charge >= 0.3 is 0 Å². The molecular weight excluding hydrogens is 435 g/mol. The topological polar surface area (TPSA) is 148 Å². The molecule has 34 heavy (non-hydrogen) atoms. The average Bonchev–Trinajstić information content (AvgIpc) is 2.84. The van der Waals surface area contributed by atoms with Gasteiger partial charge in [-0.3, -0.25) is 20.6 Å². The maximum absolute atomic E-state index is 14.8. The molecule has 176 valence electrons. The molecule has 1 amide bonds. The summed E-state index contributed by atoms with van der Waals surface area (Å²) in [7, 11) is 0. The quantitative estimate of drug-likeness (QED) is 0.348. The lowest BCUT2D eigenvalue weighted by molar-refractivity contribution is 0.102. The molecule has 1 aromatic carbocycles. The number of carbonyl (C=O) groups is 1. The molecule has 0 saturated carbocycles. The first-order valence-electron chi connectivity index (χ1n) is 11.0. The number of nitrogens with zero attached hydrogens (tertiary/aromatic N) is 3. The van der Waals surface area contributed by atoms with Crippen LogP contribution < -0.4 is 16.8 Å². The van der Waals surface area contributed by atoms with Crippen molar-refractivity contribution in [2.45, 2.75) is 12.8 Å². The minimum Gasteiger partial charge on any atom is -0.370 e. The molecule has 1 aromatic heterocycles. The monoisotopic (exact) mass is 462 g/mol.